The Labute approximate surface area is 119 Å². The van der Waals surface area contributed by atoms with E-state index in [4.69, 9.17) is 5.73 Å². The summed E-state index contributed by atoms with van der Waals surface area (Å²) >= 11 is 1.47. The third-order valence-corrected chi connectivity index (χ3v) is 5.38. The zero-order chi connectivity index (χ0) is 13.8. The minimum atomic E-state index is -0.530. The van der Waals surface area contributed by atoms with Crippen LogP contribution >= 0.6 is 11.8 Å². The molecule has 2 rings (SSSR count). The van der Waals surface area contributed by atoms with Crippen molar-refractivity contribution in [2.45, 2.75) is 50.1 Å². The summed E-state index contributed by atoms with van der Waals surface area (Å²) in [4.78, 5) is 4.14. The predicted octanol–water partition coefficient (Wildman–Crippen LogP) is 1.71. The SMILES string of the molecule is C=CC(C)C1CCCCC1NC(O)C1CN=C(N)S1. The van der Waals surface area contributed by atoms with E-state index < -0.39 is 6.23 Å². The molecule has 0 aromatic carbocycles. The first kappa shape index (κ1) is 14.9. The number of thioether (sulfide) groups is 1. The van der Waals surface area contributed by atoms with Gasteiger partial charge in [0.2, 0.25) is 0 Å². The molecule has 1 fully saturated rings. The van der Waals surface area contributed by atoms with E-state index in [9.17, 15) is 5.11 Å². The van der Waals surface area contributed by atoms with Crippen LogP contribution < -0.4 is 11.1 Å². The van der Waals surface area contributed by atoms with Crippen LogP contribution in [-0.2, 0) is 0 Å². The number of amidine groups is 1. The molecule has 1 saturated carbocycles. The highest BCUT2D eigenvalue weighted by molar-refractivity contribution is 8.14. The van der Waals surface area contributed by atoms with E-state index in [1.54, 1.807) is 0 Å². The van der Waals surface area contributed by atoms with E-state index >= 15 is 0 Å². The summed E-state index contributed by atoms with van der Waals surface area (Å²) in [5.74, 6) is 1.06. The van der Waals surface area contributed by atoms with Crippen LogP contribution in [0, 0.1) is 11.8 Å². The molecule has 5 unspecified atom stereocenters. The number of aliphatic hydroxyl groups excluding tert-OH is 1. The monoisotopic (exact) mass is 283 g/mol. The van der Waals surface area contributed by atoms with Crippen molar-refractivity contribution in [3.05, 3.63) is 12.7 Å². The maximum Gasteiger partial charge on any atom is 0.154 e. The summed E-state index contributed by atoms with van der Waals surface area (Å²) in [6.45, 7) is 6.74. The third-order valence-electron chi connectivity index (χ3n) is 4.30. The molecule has 5 atom stereocenters. The zero-order valence-electron chi connectivity index (χ0n) is 11.6. The Morgan fingerprint density at radius 3 is 2.89 bits per heavy atom. The maximum absolute atomic E-state index is 10.3. The molecule has 0 spiro atoms. The Hall–Kier alpha value is -0.520. The Kier molecular flexibility index (Phi) is 5.30. The molecule has 1 heterocycles. The molecule has 4 nitrogen and oxygen atoms in total. The van der Waals surface area contributed by atoms with Gasteiger partial charge in [0.25, 0.3) is 0 Å². The highest BCUT2D eigenvalue weighted by Gasteiger charge is 2.33. The lowest BCUT2D eigenvalue weighted by molar-refractivity contribution is 0.0879. The van der Waals surface area contributed by atoms with Crippen LogP contribution in [0.1, 0.15) is 32.6 Å². The molecular weight excluding hydrogens is 258 g/mol. The normalized spacial score (nSPS) is 34.6. The summed E-state index contributed by atoms with van der Waals surface area (Å²) in [7, 11) is 0. The second kappa shape index (κ2) is 6.77. The molecule has 1 aliphatic heterocycles. The summed E-state index contributed by atoms with van der Waals surface area (Å²) in [6, 6.07) is 0.374. The van der Waals surface area contributed by atoms with E-state index in [1.165, 1.54) is 31.0 Å². The molecule has 0 bridgehead atoms. The molecule has 1 aliphatic carbocycles. The topological polar surface area (TPSA) is 70.6 Å². The van der Waals surface area contributed by atoms with Crippen LogP contribution in [-0.4, -0.2) is 34.3 Å². The number of aliphatic hydroxyl groups is 1. The molecule has 0 amide bonds. The molecule has 4 N–H and O–H groups in total. The van der Waals surface area contributed by atoms with Gasteiger partial charge in [-0.2, -0.15) is 0 Å². The lowest BCUT2D eigenvalue weighted by atomic mass is 9.77. The first-order valence-corrected chi connectivity index (χ1v) is 8.03. The van der Waals surface area contributed by atoms with Gasteiger partial charge in [0, 0.05) is 6.04 Å². The molecule has 19 heavy (non-hydrogen) atoms. The lowest BCUT2D eigenvalue weighted by Crippen LogP contribution is -2.50. The Balaban J connectivity index is 1.90. The van der Waals surface area contributed by atoms with Crippen molar-refractivity contribution in [1.82, 2.24) is 5.32 Å². The predicted molar refractivity (Wildman–Crippen MR) is 82.1 cm³/mol. The number of nitrogens with one attached hydrogen (secondary N) is 1. The second-order valence-electron chi connectivity index (χ2n) is 5.60. The number of nitrogens with two attached hydrogens (primary N) is 1. The van der Waals surface area contributed by atoms with Gasteiger partial charge >= 0.3 is 0 Å². The van der Waals surface area contributed by atoms with Crippen molar-refractivity contribution in [3.63, 3.8) is 0 Å². The Bertz CT molecular complexity index is 348. The van der Waals surface area contributed by atoms with Crippen LogP contribution in [0.5, 0.6) is 0 Å². The Morgan fingerprint density at radius 1 is 1.53 bits per heavy atom. The number of aliphatic imine (C=N–C) groups is 1. The zero-order valence-corrected chi connectivity index (χ0v) is 12.4. The van der Waals surface area contributed by atoms with E-state index in [2.05, 4.69) is 23.8 Å². The van der Waals surface area contributed by atoms with Crippen LogP contribution in [0.3, 0.4) is 0 Å². The van der Waals surface area contributed by atoms with Gasteiger partial charge in [-0.15, -0.1) is 6.58 Å². The quantitative estimate of drug-likeness (QED) is 0.530. The van der Waals surface area contributed by atoms with Crippen LogP contribution in [0.2, 0.25) is 0 Å². The molecular formula is C14H25N3OS. The summed E-state index contributed by atoms with van der Waals surface area (Å²) in [6.07, 6.45) is 6.37. The van der Waals surface area contributed by atoms with Crippen molar-refractivity contribution in [2.24, 2.45) is 22.6 Å². The molecule has 0 saturated heterocycles. The van der Waals surface area contributed by atoms with Gasteiger partial charge in [-0.1, -0.05) is 37.6 Å². The van der Waals surface area contributed by atoms with Gasteiger partial charge in [0.15, 0.2) is 5.17 Å². The molecule has 0 aromatic rings. The fourth-order valence-electron chi connectivity index (χ4n) is 3.07. The summed E-state index contributed by atoms with van der Waals surface area (Å²) in [5.41, 5.74) is 5.65. The average Bonchev–Trinajstić information content (AvgIpc) is 2.85. The standard InChI is InChI=1S/C14H25N3OS/c1-3-9(2)10-6-4-5-7-11(10)17-13(18)12-8-16-14(15)19-12/h3,9-13,17-18H,1,4-8H2,2H3,(H2,15,16). The van der Waals surface area contributed by atoms with Crippen molar-refractivity contribution >= 4 is 16.9 Å². The van der Waals surface area contributed by atoms with Gasteiger partial charge in [-0.05, 0) is 24.7 Å². The first-order valence-electron chi connectivity index (χ1n) is 7.15. The molecule has 0 aromatic heterocycles. The largest absolute Gasteiger partial charge is 0.379 e. The number of hydrogen-bond donors (Lipinski definition) is 3. The highest BCUT2D eigenvalue weighted by Crippen LogP contribution is 2.32. The minimum absolute atomic E-state index is 0.0570. The number of allylic oxidation sites excluding steroid dienone is 1. The highest BCUT2D eigenvalue weighted by atomic mass is 32.2. The molecule has 5 heteroatoms. The van der Waals surface area contributed by atoms with Gasteiger partial charge in [-0.25, -0.2) is 0 Å². The Morgan fingerprint density at radius 2 is 2.26 bits per heavy atom. The van der Waals surface area contributed by atoms with Crippen molar-refractivity contribution < 1.29 is 5.11 Å². The van der Waals surface area contributed by atoms with Gasteiger partial charge in [-0.3, -0.25) is 10.3 Å². The van der Waals surface area contributed by atoms with Crippen molar-refractivity contribution in [2.75, 3.05) is 6.54 Å². The van der Waals surface area contributed by atoms with E-state index in [-0.39, 0.29) is 5.25 Å². The molecule has 108 valence electrons. The van der Waals surface area contributed by atoms with Crippen molar-refractivity contribution in [3.8, 4) is 0 Å². The van der Waals surface area contributed by atoms with Crippen LogP contribution in [0.4, 0.5) is 0 Å². The van der Waals surface area contributed by atoms with Gasteiger partial charge < -0.3 is 10.8 Å². The minimum Gasteiger partial charge on any atom is -0.379 e. The fraction of sp³-hybridized carbons (Fsp3) is 0.786. The van der Waals surface area contributed by atoms with E-state index in [0.29, 0.717) is 29.6 Å². The van der Waals surface area contributed by atoms with Gasteiger partial charge in [0.05, 0.1) is 11.8 Å². The van der Waals surface area contributed by atoms with Crippen LogP contribution in [0.25, 0.3) is 0 Å². The average molecular weight is 283 g/mol. The lowest BCUT2D eigenvalue weighted by Gasteiger charge is -2.37. The number of nitrogens with zero attached hydrogens (tertiary/aromatic N) is 1. The van der Waals surface area contributed by atoms with E-state index in [0.717, 1.165) is 6.42 Å². The fourth-order valence-corrected chi connectivity index (χ4v) is 3.89. The van der Waals surface area contributed by atoms with E-state index in [1.807, 2.05) is 6.08 Å². The van der Waals surface area contributed by atoms with Crippen LogP contribution in [0.15, 0.2) is 17.6 Å². The molecule has 0 radical (unpaired) electrons. The smallest absolute Gasteiger partial charge is 0.154 e. The second-order valence-corrected chi connectivity index (χ2v) is 6.86. The van der Waals surface area contributed by atoms with Gasteiger partial charge in [0.1, 0.15) is 6.23 Å². The number of rotatable bonds is 5. The first-order chi connectivity index (χ1) is 9.11. The summed E-state index contributed by atoms with van der Waals surface area (Å²) < 4.78 is 0. The maximum atomic E-state index is 10.3. The molecule has 2 aliphatic rings. The number of hydrogen-bond acceptors (Lipinski definition) is 5. The summed E-state index contributed by atoms with van der Waals surface area (Å²) in [5, 5.41) is 14.4. The third kappa shape index (κ3) is 3.74. The van der Waals surface area contributed by atoms with Crippen molar-refractivity contribution in [1.29, 1.82) is 0 Å².